The fourth-order valence-corrected chi connectivity index (χ4v) is 1.27. The minimum absolute atomic E-state index is 0.0571. The van der Waals surface area contributed by atoms with Gasteiger partial charge in [-0.1, -0.05) is 17.7 Å². The predicted octanol–water partition coefficient (Wildman–Crippen LogP) is 1.51. The van der Waals surface area contributed by atoms with Gasteiger partial charge in [-0.25, -0.2) is 4.39 Å². The number of benzene rings is 1. The summed E-state index contributed by atoms with van der Waals surface area (Å²) >= 11 is 5.57. The molecule has 0 spiro atoms. The van der Waals surface area contributed by atoms with Crippen LogP contribution in [0.3, 0.4) is 0 Å². The number of aliphatic hydroxyl groups is 1. The Labute approximate surface area is 81.1 Å². The summed E-state index contributed by atoms with van der Waals surface area (Å²) in [6.07, 6.45) is 0. The molecule has 0 bridgehead atoms. The number of aliphatic hydroxyl groups excluding tert-OH is 1. The third-order valence-corrected chi connectivity index (χ3v) is 2.21. The first kappa shape index (κ1) is 10.4. The Morgan fingerprint density at radius 2 is 2.23 bits per heavy atom. The molecule has 4 heteroatoms. The Bertz CT molecular complexity index is 289. The molecule has 0 saturated heterocycles. The van der Waals surface area contributed by atoms with Gasteiger partial charge in [-0.2, -0.15) is 0 Å². The standard InChI is InChI=1S/C9H11ClFNO/c10-8-3-6(1-2-9(8)11)7(4-12)5-13/h1-3,7,13H,4-5,12H2. The van der Waals surface area contributed by atoms with Crippen molar-refractivity contribution in [3.8, 4) is 0 Å². The lowest BCUT2D eigenvalue weighted by molar-refractivity contribution is 0.268. The molecule has 0 amide bonds. The lowest BCUT2D eigenvalue weighted by atomic mass is 10.0. The van der Waals surface area contributed by atoms with Crippen molar-refractivity contribution in [3.63, 3.8) is 0 Å². The number of halogens is 2. The minimum Gasteiger partial charge on any atom is -0.396 e. The second kappa shape index (κ2) is 4.56. The maximum absolute atomic E-state index is 12.7. The molecule has 0 aliphatic rings. The molecular weight excluding hydrogens is 193 g/mol. The van der Waals surface area contributed by atoms with Crippen molar-refractivity contribution in [2.45, 2.75) is 5.92 Å². The van der Waals surface area contributed by atoms with Crippen molar-refractivity contribution >= 4 is 11.6 Å². The normalized spacial score (nSPS) is 12.9. The van der Waals surface area contributed by atoms with Crippen LogP contribution in [0.25, 0.3) is 0 Å². The van der Waals surface area contributed by atoms with Crippen LogP contribution in [0.5, 0.6) is 0 Å². The fraction of sp³-hybridized carbons (Fsp3) is 0.333. The maximum atomic E-state index is 12.7. The van der Waals surface area contributed by atoms with Crippen LogP contribution in [-0.4, -0.2) is 18.3 Å². The molecule has 0 aliphatic carbocycles. The molecular formula is C9H11ClFNO. The first-order valence-electron chi connectivity index (χ1n) is 3.95. The van der Waals surface area contributed by atoms with Crippen molar-refractivity contribution in [1.29, 1.82) is 0 Å². The van der Waals surface area contributed by atoms with E-state index in [1.807, 2.05) is 0 Å². The second-order valence-corrected chi connectivity index (χ2v) is 3.20. The molecule has 3 N–H and O–H groups in total. The maximum Gasteiger partial charge on any atom is 0.141 e. The first-order valence-corrected chi connectivity index (χ1v) is 4.32. The molecule has 1 rings (SSSR count). The van der Waals surface area contributed by atoms with E-state index in [1.54, 1.807) is 6.07 Å². The largest absolute Gasteiger partial charge is 0.396 e. The Morgan fingerprint density at radius 1 is 1.54 bits per heavy atom. The topological polar surface area (TPSA) is 46.2 Å². The molecule has 2 nitrogen and oxygen atoms in total. The number of rotatable bonds is 3. The third kappa shape index (κ3) is 2.40. The van der Waals surface area contributed by atoms with E-state index in [4.69, 9.17) is 22.4 Å². The van der Waals surface area contributed by atoms with Crippen LogP contribution in [0, 0.1) is 5.82 Å². The Morgan fingerprint density at radius 3 is 2.69 bits per heavy atom. The highest BCUT2D eigenvalue weighted by Gasteiger charge is 2.09. The number of hydrogen-bond donors (Lipinski definition) is 2. The van der Waals surface area contributed by atoms with E-state index in [0.717, 1.165) is 5.56 Å². The number of hydrogen-bond acceptors (Lipinski definition) is 2. The lowest BCUT2D eigenvalue weighted by Gasteiger charge is -2.11. The van der Waals surface area contributed by atoms with Crippen molar-refractivity contribution in [2.75, 3.05) is 13.2 Å². The van der Waals surface area contributed by atoms with Crippen LogP contribution < -0.4 is 5.73 Å². The van der Waals surface area contributed by atoms with Crippen LogP contribution >= 0.6 is 11.6 Å². The summed E-state index contributed by atoms with van der Waals surface area (Å²) in [5.41, 5.74) is 6.17. The van der Waals surface area contributed by atoms with Crippen molar-refractivity contribution in [2.24, 2.45) is 5.73 Å². The summed E-state index contributed by atoms with van der Waals surface area (Å²) in [7, 11) is 0. The van der Waals surface area contributed by atoms with E-state index in [2.05, 4.69) is 0 Å². The summed E-state index contributed by atoms with van der Waals surface area (Å²) in [6.45, 7) is 0.261. The van der Waals surface area contributed by atoms with E-state index in [-0.39, 0.29) is 17.5 Å². The van der Waals surface area contributed by atoms with Crippen LogP contribution in [0.4, 0.5) is 4.39 Å². The second-order valence-electron chi connectivity index (χ2n) is 2.79. The zero-order valence-electron chi connectivity index (χ0n) is 7.00. The molecule has 0 radical (unpaired) electrons. The molecule has 0 heterocycles. The van der Waals surface area contributed by atoms with Crippen molar-refractivity contribution < 1.29 is 9.50 Å². The smallest absolute Gasteiger partial charge is 0.141 e. The highest BCUT2D eigenvalue weighted by atomic mass is 35.5. The third-order valence-electron chi connectivity index (χ3n) is 1.92. The Balaban J connectivity index is 2.95. The molecule has 0 aromatic heterocycles. The summed E-state index contributed by atoms with van der Waals surface area (Å²) in [5, 5.41) is 8.98. The molecule has 0 aliphatic heterocycles. The predicted molar refractivity (Wildman–Crippen MR) is 50.3 cm³/mol. The van der Waals surface area contributed by atoms with Crippen LogP contribution in [-0.2, 0) is 0 Å². The van der Waals surface area contributed by atoms with Gasteiger partial charge in [-0.3, -0.25) is 0 Å². The lowest BCUT2D eigenvalue weighted by Crippen LogP contribution is -2.15. The summed E-state index contributed by atoms with van der Waals surface area (Å²) < 4.78 is 12.7. The molecule has 1 aromatic rings. The van der Waals surface area contributed by atoms with Crippen LogP contribution in [0.15, 0.2) is 18.2 Å². The highest BCUT2D eigenvalue weighted by Crippen LogP contribution is 2.21. The molecule has 0 fully saturated rings. The van der Waals surface area contributed by atoms with E-state index in [9.17, 15) is 4.39 Å². The Hall–Kier alpha value is -0.640. The summed E-state index contributed by atoms with van der Waals surface area (Å²) in [6, 6.07) is 4.34. The minimum atomic E-state index is -0.459. The van der Waals surface area contributed by atoms with Crippen LogP contribution in [0.1, 0.15) is 11.5 Å². The summed E-state index contributed by atoms with van der Waals surface area (Å²) in [5.74, 6) is -0.628. The molecule has 72 valence electrons. The molecule has 1 atom stereocenters. The number of nitrogens with two attached hydrogens (primary N) is 1. The van der Waals surface area contributed by atoms with Gasteiger partial charge in [-0.05, 0) is 17.7 Å². The highest BCUT2D eigenvalue weighted by molar-refractivity contribution is 6.30. The van der Waals surface area contributed by atoms with Gasteiger partial charge < -0.3 is 10.8 Å². The van der Waals surface area contributed by atoms with E-state index < -0.39 is 5.82 Å². The van der Waals surface area contributed by atoms with Gasteiger partial charge in [0.15, 0.2) is 0 Å². The molecule has 13 heavy (non-hydrogen) atoms. The average Bonchev–Trinajstić information content (AvgIpc) is 2.13. The van der Waals surface area contributed by atoms with E-state index in [0.29, 0.717) is 6.54 Å². The first-order chi connectivity index (χ1) is 6.19. The quantitative estimate of drug-likeness (QED) is 0.783. The van der Waals surface area contributed by atoms with Crippen molar-refractivity contribution in [1.82, 2.24) is 0 Å². The fourth-order valence-electron chi connectivity index (χ4n) is 1.08. The molecule has 1 aromatic carbocycles. The van der Waals surface area contributed by atoms with E-state index in [1.165, 1.54) is 12.1 Å². The average molecular weight is 204 g/mol. The van der Waals surface area contributed by atoms with Gasteiger partial charge in [0.05, 0.1) is 11.6 Å². The van der Waals surface area contributed by atoms with Gasteiger partial charge in [0.25, 0.3) is 0 Å². The van der Waals surface area contributed by atoms with Gasteiger partial charge in [0.2, 0.25) is 0 Å². The summed E-state index contributed by atoms with van der Waals surface area (Å²) in [4.78, 5) is 0. The Kier molecular flexibility index (Phi) is 3.66. The van der Waals surface area contributed by atoms with Gasteiger partial charge in [0, 0.05) is 12.5 Å². The zero-order chi connectivity index (χ0) is 9.84. The van der Waals surface area contributed by atoms with Crippen LogP contribution in [0.2, 0.25) is 5.02 Å². The molecule has 0 saturated carbocycles. The zero-order valence-corrected chi connectivity index (χ0v) is 7.76. The van der Waals surface area contributed by atoms with Gasteiger partial charge in [0.1, 0.15) is 5.82 Å². The van der Waals surface area contributed by atoms with Crippen molar-refractivity contribution in [3.05, 3.63) is 34.6 Å². The van der Waals surface area contributed by atoms with Gasteiger partial charge >= 0.3 is 0 Å². The monoisotopic (exact) mass is 203 g/mol. The molecule has 1 unspecified atom stereocenters. The SMILES string of the molecule is NCC(CO)c1ccc(F)c(Cl)c1. The van der Waals surface area contributed by atoms with E-state index >= 15 is 0 Å². The van der Waals surface area contributed by atoms with Gasteiger partial charge in [-0.15, -0.1) is 0 Å².